The van der Waals surface area contributed by atoms with Gasteiger partial charge < -0.3 is 10.0 Å². The van der Waals surface area contributed by atoms with Crippen molar-refractivity contribution in [2.75, 3.05) is 11.4 Å². The minimum Gasteiger partial charge on any atom is -0.478 e. The lowest BCUT2D eigenvalue weighted by molar-refractivity contribution is -0.384. The fraction of sp³-hybridized carbons (Fsp3) is 0.462. The maximum Gasteiger partial charge on any atom is 0.338 e. The molecule has 0 bridgehead atoms. The summed E-state index contributed by atoms with van der Waals surface area (Å²) in [7, 11) is 0. The molecule has 1 aromatic rings. The van der Waals surface area contributed by atoms with E-state index in [1.54, 1.807) is 0 Å². The Morgan fingerprint density at radius 2 is 2.21 bits per heavy atom. The number of nitro benzene ring substituents is 1. The summed E-state index contributed by atoms with van der Waals surface area (Å²) in [5.74, 6) is -1.13. The largest absolute Gasteiger partial charge is 0.478 e. The summed E-state index contributed by atoms with van der Waals surface area (Å²) in [5.41, 5.74) is 0.115. The molecule has 1 N–H and O–H groups in total. The van der Waals surface area contributed by atoms with Gasteiger partial charge in [-0.1, -0.05) is 6.07 Å². The van der Waals surface area contributed by atoms with Gasteiger partial charge in [0.25, 0.3) is 5.69 Å². The molecule has 1 aliphatic heterocycles. The highest BCUT2D eigenvalue weighted by Gasteiger charge is 2.30. The van der Waals surface area contributed by atoms with Crippen LogP contribution >= 0.6 is 0 Å². The van der Waals surface area contributed by atoms with Gasteiger partial charge >= 0.3 is 5.97 Å². The molecule has 0 radical (unpaired) electrons. The lowest BCUT2D eigenvalue weighted by Crippen LogP contribution is -2.38. The summed E-state index contributed by atoms with van der Waals surface area (Å²) in [6, 6.07) is 4.32. The number of nitrogens with zero attached hydrogens (tertiary/aromatic N) is 2. The zero-order valence-electron chi connectivity index (χ0n) is 10.7. The van der Waals surface area contributed by atoms with Gasteiger partial charge in [-0.2, -0.15) is 0 Å². The van der Waals surface area contributed by atoms with Crippen molar-refractivity contribution in [3.8, 4) is 0 Å². The Morgan fingerprint density at radius 3 is 2.79 bits per heavy atom. The van der Waals surface area contributed by atoms with E-state index in [4.69, 9.17) is 0 Å². The maximum absolute atomic E-state index is 11.3. The second kappa shape index (κ2) is 5.26. The van der Waals surface area contributed by atoms with Crippen molar-refractivity contribution < 1.29 is 14.8 Å². The fourth-order valence-corrected chi connectivity index (χ4v) is 2.58. The molecule has 1 saturated heterocycles. The van der Waals surface area contributed by atoms with Gasteiger partial charge in [-0.05, 0) is 32.3 Å². The minimum absolute atomic E-state index is 0.00273. The minimum atomic E-state index is -1.13. The number of carbonyl (C=O) groups is 1. The molecule has 1 aromatic carbocycles. The first-order chi connectivity index (χ1) is 9.02. The van der Waals surface area contributed by atoms with Crippen LogP contribution in [-0.4, -0.2) is 28.6 Å². The highest BCUT2D eigenvalue weighted by molar-refractivity contribution is 5.97. The van der Waals surface area contributed by atoms with Gasteiger partial charge in [0.05, 0.1) is 10.5 Å². The van der Waals surface area contributed by atoms with Gasteiger partial charge in [-0.15, -0.1) is 0 Å². The lowest BCUT2D eigenvalue weighted by Gasteiger charge is -2.35. The Kier molecular flexibility index (Phi) is 3.69. The molecule has 2 rings (SSSR count). The number of carboxylic acid groups (broad SMARTS) is 1. The number of rotatable bonds is 3. The molecule has 1 atom stereocenters. The Labute approximate surface area is 110 Å². The average Bonchev–Trinajstić information content (AvgIpc) is 2.38. The summed E-state index contributed by atoms with van der Waals surface area (Å²) < 4.78 is 0. The summed E-state index contributed by atoms with van der Waals surface area (Å²) in [5, 5.41) is 20.4. The zero-order chi connectivity index (χ0) is 14.0. The molecule has 6 heteroatoms. The van der Waals surface area contributed by atoms with Crippen LogP contribution in [-0.2, 0) is 0 Å². The van der Waals surface area contributed by atoms with Crippen molar-refractivity contribution in [2.24, 2.45) is 0 Å². The van der Waals surface area contributed by atoms with E-state index in [9.17, 15) is 20.0 Å². The Balaban J connectivity index is 2.57. The zero-order valence-corrected chi connectivity index (χ0v) is 10.7. The van der Waals surface area contributed by atoms with E-state index in [-0.39, 0.29) is 23.0 Å². The van der Waals surface area contributed by atoms with Crippen LogP contribution in [0.25, 0.3) is 0 Å². The van der Waals surface area contributed by atoms with Crippen LogP contribution in [0.3, 0.4) is 0 Å². The molecule has 1 aliphatic rings. The van der Waals surface area contributed by atoms with Crippen LogP contribution in [0.2, 0.25) is 0 Å². The number of nitro groups is 1. The van der Waals surface area contributed by atoms with Gasteiger partial charge in [-0.3, -0.25) is 10.1 Å². The predicted molar refractivity (Wildman–Crippen MR) is 70.7 cm³/mol. The summed E-state index contributed by atoms with van der Waals surface area (Å²) in [6.45, 7) is 2.63. The smallest absolute Gasteiger partial charge is 0.338 e. The van der Waals surface area contributed by atoms with E-state index in [2.05, 4.69) is 0 Å². The predicted octanol–water partition coefficient (Wildman–Crippen LogP) is 2.67. The molecule has 1 unspecified atom stereocenters. The first kappa shape index (κ1) is 13.3. The number of hydrogen-bond acceptors (Lipinski definition) is 4. The third-order valence-corrected chi connectivity index (χ3v) is 3.53. The quantitative estimate of drug-likeness (QED) is 0.670. The summed E-state index contributed by atoms with van der Waals surface area (Å²) in [6.07, 6.45) is 2.92. The van der Waals surface area contributed by atoms with Crippen molar-refractivity contribution in [3.63, 3.8) is 0 Å². The van der Waals surface area contributed by atoms with E-state index >= 15 is 0 Å². The molecule has 6 nitrogen and oxygen atoms in total. The van der Waals surface area contributed by atoms with Crippen molar-refractivity contribution >= 4 is 17.3 Å². The number of aromatic carboxylic acids is 1. The highest BCUT2D eigenvalue weighted by Crippen LogP contribution is 2.35. The molecule has 0 aromatic heterocycles. The van der Waals surface area contributed by atoms with Crippen LogP contribution in [0.5, 0.6) is 0 Å². The third-order valence-electron chi connectivity index (χ3n) is 3.53. The van der Waals surface area contributed by atoms with Crippen LogP contribution in [0, 0.1) is 10.1 Å². The number of piperidine rings is 1. The van der Waals surface area contributed by atoms with Gasteiger partial charge in [0, 0.05) is 18.7 Å². The van der Waals surface area contributed by atoms with E-state index in [1.807, 2.05) is 11.8 Å². The molecular formula is C13H16N2O4. The lowest BCUT2D eigenvalue weighted by atomic mass is 10.0. The second-order valence-electron chi connectivity index (χ2n) is 4.77. The van der Waals surface area contributed by atoms with E-state index in [0.717, 1.165) is 19.3 Å². The normalized spacial score (nSPS) is 19.2. The number of para-hydroxylation sites is 1. The number of anilines is 1. The SMILES string of the molecule is CC1CCCCN1c1c(C(=O)O)cccc1[N+](=O)[O-]. The molecule has 19 heavy (non-hydrogen) atoms. The summed E-state index contributed by atoms with van der Waals surface area (Å²) in [4.78, 5) is 23.8. The van der Waals surface area contributed by atoms with Crippen LogP contribution in [0.15, 0.2) is 18.2 Å². The summed E-state index contributed by atoms with van der Waals surface area (Å²) >= 11 is 0. The third kappa shape index (κ3) is 2.52. The fourth-order valence-electron chi connectivity index (χ4n) is 2.58. The van der Waals surface area contributed by atoms with E-state index in [0.29, 0.717) is 6.54 Å². The van der Waals surface area contributed by atoms with Gasteiger partial charge in [-0.25, -0.2) is 4.79 Å². The number of carboxylic acids is 1. The molecular weight excluding hydrogens is 248 g/mol. The van der Waals surface area contributed by atoms with Gasteiger partial charge in [0.15, 0.2) is 0 Å². The highest BCUT2D eigenvalue weighted by atomic mass is 16.6. The van der Waals surface area contributed by atoms with Gasteiger partial charge in [0.2, 0.25) is 0 Å². The molecule has 0 amide bonds. The Hall–Kier alpha value is -2.11. The van der Waals surface area contributed by atoms with Crippen molar-refractivity contribution in [2.45, 2.75) is 32.2 Å². The van der Waals surface area contributed by atoms with Crippen molar-refractivity contribution in [3.05, 3.63) is 33.9 Å². The standard InChI is InChI=1S/C13H16N2O4/c1-9-5-2-3-8-14(9)12-10(13(16)17)6-4-7-11(12)15(18)19/h4,6-7,9H,2-3,5,8H2,1H3,(H,16,17). The van der Waals surface area contributed by atoms with Gasteiger partial charge in [0.1, 0.15) is 5.69 Å². The first-order valence-corrected chi connectivity index (χ1v) is 6.29. The monoisotopic (exact) mass is 264 g/mol. The average molecular weight is 264 g/mol. The second-order valence-corrected chi connectivity index (χ2v) is 4.77. The van der Waals surface area contributed by atoms with Crippen LogP contribution in [0.1, 0.15) is 36.5 Å². The maximum atomic E-state index is 11.3. The molecule has 1 heterocycles. The molecule has 102 valence electrons. The molecule has 0 saturated carbocycles. The van der Waals surface area contributed by atoms with Crippen molar-refractivity contribution in [1.29, 1.82) is 0 Å². The van der Waals surface area contributed by atoms with Crippen molar-refractivity contribution in [1.82, 2.24) is 0 Å². The van der Waals surface area contributed by atoms with Crippen LogP contribution in [0.4, 0.5) is 11.4 Å². The Morgan fingerprint density at radius 1 is 1.47 bits per heavy atom. The molecule has 0 spiro atoms. The van der Waals surface area contributed by atoms with E-state index in [1.165, 1.54) is 18.2 Å². The first-order valence-electron chi connectivity index (χ1n) is 6.29. The van der Waals surface area contributed by atoms with E-state index < -0.39 is 10.9 Å². The Bertz CT molecular complexity index is 483. The van der Waals surface area contributed by atoms with Crippen LogP contribution < -0.4 is 4.90 Å². The molecule has 0 aliphatic carbocycles. The topological polar surface area (TPSA) is 83.7 Å². The molecule has 1 fully saturated rings. The number of benzene rings is 1. The number of hydrogen-bond donors (Lipinski definition) is 1.